The van der Waals surface area contributed by atoms with E-state index in [0.717, 1.165) is 25.3 Å². The molecule has 16 heavy (non-hydrogen) atoms. The molecule has 1 fully saturated rings. The van der Waals surface area contributed by atoms with E-state index in [4.69, 9.17) is 0 Å². The molecule has 0 bridgehead atoms. The highest BCUT2D eigenvalue weighted by Crippen LogP contribution is 2.16. The normalized spacial score (nSPS) is 19.7. The average Bonchev–Trinajstić information content (AvgIpc) is 2.82. The van der Waals surface area contributed by atoms with Crippen molar-refractivity contribution in [3.63, 3.8) is 0 Å². The van der Waals surface area contributed by atoms with E-state index in [-0.39, 0.29) is 5.91 Å². The number of hydrogen-bond donors (Lipinski definition) is 1. The minimum atomic E-state index is 0.146. The van der Waals surface area contributed by atoms with Crippen LogP contribution < -0.4 is 10.2 Å². The van der Waals surface area contributed by atoms with Crippen LogP contribution in [0.3, 0.4) is 0 Å². The summed E-state index contributed by atoms with van der Waals surface area (Å²) in [5.41, 5.74) is 0. The van der Waals surface area contributed by atoms with E-state index >= 15 is 0 Å². The molecule has 1 saturated heterocycles. The van der Waals surface area contributed by atoms with E-state index < -0.39 is 0 Å². The van der Waals surface area contributed by atoms with Crippen LogP contribution in [0.15, 0.2) is 24.4 Å². The summed E-state index contributed by atoms with van der Waals surface area (Å²) < 4.78 is 0. The lowest BCUT2D eigenvalue weighted by Gasteiger charge is -2.17. The second kappa shape index (κ2) is 5.07. The lowest BCUT2D eigenvalue weighted by atomic mass is 10.0. The third-order valence-electron chi connectivity index (χ3n) is 2.99. The summed E-state index contributed by atoms with van der Waals surface area (Å²) in [5, 5.41) is 3.27. The van der Waals surface area contributed by atoms with Crippen molar-refractivity contribution in [1.29, 1.82) is 0 Å². The van der Waals surface area contributed by atoms with Crippen molar-refractivity contribution in [3.05, 3.63) is 24.4 Å². The molecule has 1 aliphatic rings. The Balaban J connectivity index is 1.94. The fourth-order valence-corrected chi connectivity index (χ4v) is 1.95. The van der Waals surface area contributed by atoms with Gasteiger partial charge >= 0.3 is 0 Å². The van der Waals surface area contributed by atoms with Crippen LogP contribution in [0.5, 0.6) is 0 Å². The molecule has 1 aromatic heterocycles. The molecule has 0 saturated carbocycles. The van der Waals surface area contributed by atoms with Gasteiger partial charge in [0.15, 0.2) is 0 Å². The molecule has 4 heteroatoms. The number of rotatable bonds is 3. The molecule has 0 aromatic carbocycles. The topological polar surface area (TPSA) is 45.2 Å². The van der Waals surface area contributed by atoms with Gasteiger partial charge in [-0.25, -0.2) is 4.98 Å². The largest absolute Gasteiger partial charge is 0.316 e. The molecule has 1 N–H and O–H groups in total. The molecule has 0 spiro atoms. The molecule has 1 atom stereocenters. The number of pyridine rings is 1. The Morgan fingerprint density at radius 2 is 2.50 bits per heavy atom. The third kappa shape index (κ3) is 2.58. The van der Waals surface area contributed by atoms with Crippen LogP contribution in [0, 0.1) is 5.92 Å². The van der Waals surface area contributed by atoms with Crippen LogP contribution in [0.2, 0.25) is 0 Å². The number of nitrogens with zero attached hydrogens (tertiary/aromatic N) is 2. The first kappa shape index (κ1) is 11.1. The van der Waals surface area contributed by atoms with Crippen LogP contribution >= 0.6 is 0 Å². The maximum Gasteiger partial charge on any atom is 0.228 e. The van der Waals surface area contributed by atoms with Gasteiger partial charge in [-0.2, -0.15) is 0 Å². The molecule has 1 unspecified atom stereocenters. The molecule has 4 nitrogen and oxygen atoms in total. The number of anilines is 1. The van der Waals surface area contributed by atoms with Crippen LogP contribution in [0.25, 0.3) is 0 Å². The summed E-state index contributed by atoms with van der Waals surface area (Å²) in [6, 6.07) is 5.59. The van der Waals surface area contributed by atoms with Gasteiger partial charge in [0.05, 0.1) is 0 Å². The predicted octanol–water partition coefficient (Wildman–Crippen LogP) is 1.04. The molecule has 1 aromatic rings. The third-order valence-corrected chi connectivity index (χ3v) is 2.99. The lowest BCUT2D eigenvalue weighted by molar-refractivity contribution is -0.119. The Hall–Kier alpha value is -1.42. The van der Waals surface area contributed by atoms with Gasteiger partial charge in [0.2, 0.25) is 5.91 Å². The molecule has 1 amide bonds. The van der Waals surface area contributed by atoms with Gasteiger partial charge in [-0.3, -0.25) is 9.69 Å². The summed E-state index contributed by atoms with van der Waals surface area (Å²) in [5.74, 6) is 1.35. The molecule has 86 valence electrons. The van der Waals surface area contributed by atoms with Gasteiger partial charge in [-0.15, -0.1) is 0 Å². The van der Waals surface area contributed by atoms with Crippen molar-refractivity contribution in [2.75, 3.05) is 25.0 Å². The highest BCUT2D eigenvalue weighted by Gasteiger charge is 2.20. The van der Waals surface area contributed by atoms with Crippen LogP contribution in [-0.2, 0) is 4.79 Å². The first-order valence-electron chi connectivity index (χ1n) is 5.65. The van der Waals surface area contributed by atoms with E-state index in [1.807, 2.05) is 18.2 Å². The summed E-state index contributed by atoms with van der Waals surface area (Å²) in [6.45, 7) is 1.99. The number of carbonyl (C=O) groups excluding carboxylic acids is 1. The Labute approximate surface area is 95.7 Å². The van der Waals surface area contributed by atoms with Gasteiger partial charge in [0, 0.05) is 19.7 Å². The fourth-order valence-electron chi connectivity index (χ4n) is 1.95. The van der Waals surface area contributed by atoms with Gasteiger partial charge in [-0.05, 0) is 37.6 Å². The monoisotopic (exact) mass is 219 g/mol. The predicted molar refractivity (Wildman–Crippen MR) is 63.2 cm³/mol. The van der Waals surface area contributed by atoms with E-state index in [2.05, 4.69) is 10.3 Å². The van der Waals surface area contributed by atoms with E-state index in [0.29, 0.717) is 12.3 Å². The second-order valence-corrected chi connectivity index (χ2v) is 4.20. The SMILES string of the molecule is CN(C(=O)CC1CCNC1)c1ccccn1. The fraction of sp³-hybridized carbons (Fsp3) is 0.500. The summed E-state index contributed by atoms with van der Waals surface area (Å²) in [6.07, 6.45) is 3.41. The Bertz CT molecular complexity index is 347. The number of aromatic nitrogens is 1. The van der Waals surface area contributed by atoms with Gasteiger partial charge in [0.25, 0.3) is 0 Å². The number of nitrogens with one attached hydrogen (secondary N) is 1. The van der Waals surface area contributed by atoms with E-state index in [1.54, 1.807) is 18.1 Å². The number of amides is 1. The quantitative estimate of drug-likeness (QED) is 0.826. The zero-order valence-electron chi connectivity index (χ0n) is 9.52. The Morgan fingerprint density at radius 3 is 3.12 bits per heavy atom. The molecular formula is C12H17N3O. The first-order valence-corrected chi connectivity index (χ1v) is 5.65. The smallest absolute Gasteiger partial charge is 0.228 e. The standard InChI is InChI=1S/C12H17N3O/c1-15(11-4-2-3-6-14-11)12(16)8-10-5-7-13-9-10/h2-4,6,10,13H,5,7-9H2,1H3. The van der Waals surface area contributed by atoms with Crippen molar-refractivity contribution in [1.82, 2.24) is 10.3 Å². The molecular weight excluding hydrogens is 202 g/mol. The molecule has 2 heterocycles. The molecule has 0 radical (unpaired) electrons. The number of hydrogen-bond acceptors (Lipinski definition) is 3. The van der Waals surface area contributed by atoms with Crippen molar-refractivity contribution >= 4 is 11.7 Å². The van der Waals surface area contributed by atoms with Crippen LogP contribution in [-0.4, -0.2) is 31.0 Å². The van der Waals surface area contributed by atoms with E-state index in [9.17, 15) is 4.79 Å². The van der Waals surface area contributed by atoms with Gasteiger partial charge < -0.3 is 5.32 Å². The van der Waals surface area contributed by atoms with Gasteiger partial charge in [0.1, 0.15) is 5.82 Å². The number of carbonyl (C=O) groups is 1. The lowest BCUT2D eigenvalue weighted by Crippen LogP contribution is -2.29. The first-order chi connectivity index (χ1) is 7.77. The average molecular weight is 219 g/mol. The van der Waals surface area contributed by atoms with Crippen molar-refractivity contribution in [2.45, 2.75) is 12.8 Å². The highest BCUT2D eigenvalue weighted by atomic mass is 16.2. The zero-order chi connectivity index (χ0) is 11.4. The molecule has 2 rings (SSSR count). The van der Waals surface area contributed by atoms with E-state index in [1.165, 1.54) is 0 Å². The minimum absolute atomic E-state index is 0.146. The maximum absolute atomic E-state index is 12.0. The zero-order valence-corrected chi connectivity index (χ0v) is 9.52. The maximum atomic E-state index is 12.0. The molecule has 0 aliphatic carbocycles. The highest BCUT2D eigenvalue weighted by molar-refractivity contribution is 5.91. The van der Waals surface area contributed by atoms with Crippen molar-refractivity contribution in [2.24, 2.45) is 5.92 Å². The summed E-state index contributed by atoms with van der Waals surface area (Å²) in [4.78, 5) is 17.8. The second-order valence-electron chi connectivity index (χ2n) is 4.20. The summed E-state index contributed by atoms with van der Waals surface area (Å²) in [7, 11) is 1.78. The minimum Gasteiger partial charge on any atom is -0.316 e. The van der Waals surface area contributed by atoms with Crippen molar-refractivity contribution < 1.29 is 4.79 Å². The Kier molecular flexibility index (Phi) is 3.51. The van der Waals surface area contributed by atoms with Crippen LogP contribution in [0.1, 0.15) is 12.8 Å². The Morgan fingerprint density at radius 1 is 1.62 bits per heavy atom. The van der Waals surface area contributed by atoms with Crippen LogP contribution in [0.4, 0.5) is 5.82 Å². The van der Waals surface area contributed by atoms with Gasteiger partial charge in [-0.1, -0.05) is 6.07 Å². The molecule has 1 aliphatic heterocycles. The summed E-state index contributed by atoms with van der Waals surface area (Å²) >= 11 is 0. The van der Waals surface area contributed by atoms with Crippen molar-refractivity contribution in [3.8, 4) is 0 Å².